The lowest BCUT2D eigenvalue weighted by Crippen LogP contribution is -2.62. The lowest BCUT2D eigenvalue weighted by molar-refractivity contribution is -0.147. The number of ether oxygens (including phenoxy) is 1. The van der Waals surface area contributed by atoms with Crippen molar-refractivity contribution < 1.29 is 43.4 Å². The van der Waals surface area contributed by atoms with Crippen LogP contribution in [0.25, 0.3) is 0 Å². The number of ketones is 1. The molecule has 1 aliphatic rings. The van der Waals surface area contributed by atoms with E-state index >= 15 is 0 Å². The third-order valence-electron chi connectivity index (χ3n) is 9.36. The Labute approximate surface area is 309 Å². The number of benzene rings is 1. The number of likely N-dealkylation sites (tertiary alicyclic amines) is 1. The van der Waals surface area contributed by atoms with Crippen LogP contribution in [0, 0.1) is 11.8 Å². The summed E-state index contributed by atoms with van der Waals surface area (Å²) in [5.41, 5.74) is 0.651. The molecule has 2 heterocycles. The monoisotopic (exact) mass is 737 g/mol. The number of amides is 5. The van der Waals surface area contributed by atoms with Crippen LogP contribution in [0.15, 0.2) is 48.9 Å². The molecule has 53 heavy (non-hydrogen) atoms. The zero-order valence-electron chi connectivity index (χ0n) is 31.0. The summed E-state index contributed by atoms with van der Waals surface area (Å²) in [5.74, 6) is -6.73. The standard InChI is InChI=1S/C37H51N7O9/c1-7-12-25(31(45)35(49)41-26(37(51)52)19-23-13-10-9-11-14-23)40-34(48)30-24(8-2)15-18-44(30)36(50)29(22(5)53-6)43-33(47)28(21(3)4)42-32(46)27-20-38-16-17-39-27/h9-11,13-14,16-17,20-22,24-26,28-30H,7-8,12,15,18-19H2,1-6H3,(H,40,48)(H,41,49)(H,42,46)(H,43,47)(H,51,52)/t22-,24-,25?,26-,28-,29-,30-/m0/s1. The zero-order valence-corrected chi connectivity index (χ0v) is 31.0. The molecule has 3 rings (SSSR count). The molecular weight excluding hydrogens is 686 g/mol. The maximum atomic E-state index is 14.2. The molecule has 16 nitrogen and oxygen atoms in total. The van der Waals surface area contributed by atoms with E-state index in [0.717, 1.165) is 0 Å². The predicted octanol–water partition coefficient (Wildman–Crippen LogP) is 1.04. The molecule has 5 N–H and O–H groups in total. The Hall–Kier alpha value is -5.25. The molecule has 288 valence electrons. The first-order chi connectivity index (χ1) is 25.2. The first-order valence-electron chi connectivity index (χ1n) is 17.9. The molecule has 0 spiro atoms. The van der Waals surface area contributed by atoms with Crippen LogP contribution in [0.2, 0.25) is 0 Å². The van der Waals surface area contributed by atoms with Crippen LogP contribution >= 0.6 is 0 Å². The topological polar surface area (TPSA) is 226 Å². The van der Waals surface area contributed by atoms with Crippen molar-refractivity contribution in [1.29, 1.82) is 0 Å². The number of nitrogens with zero attached hydrogens (tertiary/aromatic N) is 3. The van der Waals surface area contributed by atoms with Gasteiger partial charge in [-0.1, -0.05) is 70.9 Å². The summed E-state index contributed by atoms with van der Waals surface area (Å²) in [6, 6.07) is 2.59. The average molecular weight is 738 g/mol. The lowest BCUT2D eigenvalue weighted by atomic mass is 9.95. The Balaban J connectivity index is 1.79. The van der Waals surface area contributed by atoms with Crippen LogP contribution < -0.4 is 21.3 Å². The number of carboxylic acid groups (broad SMARTS) is 1. The number of nitrogens with one attached hydrogen (secondary N) is 4. The Morgan fingerprint density at radius 1 is 0.925 bits per heavy atom. The van der Waals surface area contributed by atoms with E-state index < -0.39 is 83.5 Å². The summed E-state index contributed by atoms with van der Waals surface area (Å²) >= 11 is 0. The van der Waals surface area contributed by atoms with E-state index in [2.05, 4.69) is 31.2 Å². The Kier molecular flexibility index (Phi) is 16.0. The van der Waals surface area contributed by atoms with Gasteiger partial charge in [-0.3, -0.25) is 33.8 Å². The van der Waals surface area contributed by atoms with Crippen molar-refractivity contribution in [2.45, 2.75) is 103 Å². The van der Waals surface area contributed by atoms with Gasteiger partial charge >= 0.3 is 5.97 Å². The number of carbonyl (C=O) groups is 7. The van der Waals surface area contributed by atoms with Crippen LogP contribution in [0.4, 0.5) is 0 Å². The van der Waals surface area contributed by atoms with Gasteiger partial charge in [0, 0.05) is 32.5 Å². The second-order valence-electron chi connectivity index (χ2n) is 13.4. The number of carbonyl (C=O) groups excluding carboxylic acids is 6. The van der Waals surface area contributed by atoms with Gasteiger partial charge < -0.3 is 36.0 Å². The molecule has 1 unspecified atom stereocenters. The first kappa shape index (κ1) is 42.2. The largest absolute Gasteiger partial charge is 0.480 e. The van der Waals surface area contributed by atoms with Crippen molar-refractivity contribution in [3.8, 4) is 0 Å². The summed E-state index contributed by atoms with van der Waals surface area (Å²) in [6.07, 6.45) is 4.56. The Morgan fingerprint density at radius 3 is 2.19 bits per heavy atom. The van der Waals surface area contributed by atoms with Crippen LogP contribution in [0.1, 0.15) is 76.4 Å². The lowest BCUT2D eigenvalue weighted by Gasteiger charge is -2.34. The van der Waals surface area contributed by atoms with Gasteiger partial charge in [-0.15, -0.1) is 0 Å². The normalized spacial score (nSPS) is 18.2. The summed E-state index contributed by atoms with van der Waals surface area (Å²) in [5, 5.41) is 20.1. The summed E-state index contributed by atoms with van der Waals surface area (Å²) < 4.78 is 5.47. The molecule has 1 aromatic carbocycles. The van der Waals surface area contributed by atoms with Crippen molar-refractivity contribution in [3.05, 3.63) is 60.2 Å². The number of hydrogen-bond acceptors (Lipinski definition) is 10. The second-order valence-corrected chi connectivity index (χ2v) is 13.4. The van der Waals surface area contributed by atoms with Crippen molar-refractivity contribution in [2.75, 3.05) is 13.7 Å². The van der Waals surface area contributed by atoms with E-state index in [1.165, 1.54) is 30.6 Å². The van der Waals surface area contributed by atoms with Crippen molar-refractivity contribution in [2.24, 2.45) is 11.8 Å². The highest BCUT2D eigenvalue weighted by Crippen LogP contribution is 2.29. The molecule has 16 heteroatoms. The van der Waals surface area contributed by atoms with Gasteiger partial charge in [0.25, 0.3) is 11.8 Å². The van der Waals surface area contributed by atoms with Crippen molar-refractivity contribution in [3.63, 3.8) is 0 Å². The predicted molar refractivity (Wildman–Crippen MR) is 192 cm³/mol. The first-order valence-corrected chi connectivity index (χ1v) is 17.9. The van der Waals surface area contributed by atoms with E-state index in [1.807, 2.05) is 6.92 Å². The Morgan fingerprint density at radius 2 is 1.62 bits per heavy atom. The van der Waals surface area contributed by atoms with E-state index in [1.54, 1.807) is 58.0 Å². The minimum atomic E-state index is -1.38. The molecule has 2 aromatic rings. The van der Waals surface area contributed by atoms with Gasteiger partial charge in [-0.2, -0.15) is 0 Å². The van der Waals surface area contributed by atoms with E-state index in [4.69, 9.17) is 4.74 Å². The number of aromatic nitrogens is 2. The molecule has 1 fully saturated rings. The molecule has 0 radical (unpaired) electrons. The highest BCUT2D eigenvalue weighted by molar-refractivity contribution is 6.38. The fourth-order valence-electron chi connectivity index (χ4n) is 6.24. The molecular formula is C37H51N7O9. The summed E-state index contributed by atoms with van der Waals surface area (Å²) in [7, 11) is 1.37. The third-order valence-corrected chi connectivity index (χ3v) is 9.36. The van der Waals surface area contributed by atoms with Crippen LogP contribution in [0.3, 0.4) is 0 Å². The van der Waals surface area contributed by atoms with E-state index in [-0.39, 0.29) is 31.0 Å². The van der Waals surface area contributed by atoms with Crippen molar-refractivity contribution >= 4 is 41.3 Å². The highest BCUT2D eigenvalue weighted by atomic mass is 16.5. The quantitative estimate of drug-likeness (QED) is 0.128. The van der Waals surface area contributed by atoms with Gasteiger partial charge in [-0.25, -0.2) is 9.78 Å². The molecule has 0 saturated carbocycles. The van der Waals surface area contributed by atoms with E-state index in [9.17, 15) is 38.7 Å². The number of rotatable bonds is 19. The summed E-state index contributed by atoms with van der Waals surface area (Å²) in [6.45, 7) is 8.84. The molecule has 5 amide bonds. The number of aliphatic carboxylic acids is 1. The van der Waals surface area contributed by atoms with Crippen LogP contribution in [0.5, 0.6) is 0 Å². The van der Waals surface area contributed by atoms with Gasteiger partial charge in [0.2, 0.25) is 23.5 Å². The number of carboxylic acids is 1. The SMILES string of the molecule is CCCC(NC(=O)[C@@H]1[C@@H](CC)CCN1C(=O)[C@@H](NC(=O)[C@@H](NC(=O)c1cnccn1)C(C)C)[C@H](C)OC)C(=O)C(=O)N[C@@H](Cc1ccccc1)C(=O)O. The fourth-order valence-corrected chi connectivity index (χ4v) is 6.24. The fraction of sp³-hybridized carbons (Fsp3) is 0.541. The molecule has 1 saturated heterocycles. The van der Waals surface area contributed by atoms with Crippen LogP contribution in [-0.2, 0) is 39.9 Å². The highest BCUT2D eigenvalue weighted by Gasteiger charge is 2.45. The minimum Gasteiger partial charge on any atom is -0.480 e. The Bertz CT molecular complexity index is 1590. The minimum absolute atomic E-state index is 0.00610. The maximum Gasteiger partial charge on any atom is 0.326 e. The number of methoxy groups -OCH3 is 1. The van der Waals surface area contributed by atoms with Crippen LogP contribution in [-0.4, -0.2) is 111 Å². The van der Waals surface area contributed by atoms with E-state index in [0.29, 0.717) is 24.8 Å². The molecule has 0 aliphatic carbocycles. The molecule has 1 aliphatic heterocycles. The zero-order chi connectivity index (χ0) is 39.2. The smallest absolute Gasteiger partial charge is 0.326 e. The van der Waals surface area contributed by atoms with Crippen molar-refractivity contribution in [1.82, 2.24) is 36.1 Å². The van der Waals surface area contributed by atoms with Gasteiger partial charge in [0.05, 0.1) is 18.3 Å². The maximum absolute atomic E-state index is 14.2. The molecule has 7 atom stereocenters. The molecule has 0 bridgehead atoms. The van der Waals surface area contributed by atoms with Gasteiger partial charge in [-0.05, 0) is 37.2 Å². The summed E-state index contributed by atoms with van der Waals surface area (Å²) in [4.78, 5) is 102. The second kappa shape index (κ2) is 20.1. The number of hydrogen-bond donors (Lipinski definition) is 5. The average Bonchev–Trinajstić information content (AvgIpc) is 3.59. The van der Waals surface area contributed by atoms with Gasteiger partial charge in [0.15, 0.2) is 0 Å². The van der Waals surface area contributed by atoms with Gasteiger partial charge in [0.1, 0.15) is 29.9 Å². The molecule has 1 aromatic heterocycles. The number of Topliss-reactive ketones (excluding diaryl/α,β-unsaturated/α-hetero) is 1. The third kappa shape index (κ3) is 11.4.